The van der Waals surface area contributed by atoms with Crippen molar-refractivity contribution in [1.82, 2.24) is 25.4 Å². The molecule has 2 aromatic rings. The number of hydrogen-bond donors (Lipinski definition) is 2. The Morgan fingerprint density at radius 3 is 2.73 bits per heavy atom. The van der Waals surface area contributed by atoms with Crippen molar-refractivity contribution in [3.05, 3.63) is 23.5 Å². The van der Waals surface area contributed by atoms with E-state index in [0.717, 1.165) is 23.3 Å². The summed E-state index contributed by atoms with van der Waals surface area (Å²) in [7, 11) is 0. The fourth-order valence-corrected chi connectivity index (χ4v) is 2.44. The molecule has 0 unspecified atom stereocenters. The average Bonchev–Trinajstić information content (AvgIpc) is 2.87. The van der Waals surface area contributed by atoms with Gasteiger partial charge in [0, 0.05) is 24.0 Å². The van der Waals surface area contributed by atoms with Crippen molar-refractivity contribution in [2.24, 2.45) is 0 Å². The Bertz CT molecular complexity index is 662. The number of aryl methyl sites for hydroxylation is 1. The van der Waals surface area contributed by atoms with E-state index in [1.54, 1.807) is 6.20 Å². The van der Waals surface area contributed by atoms with E-state index in [9.17, 15) is 4.79 Å². The van der Waals surface area contributed by atoms with Crippen molar-refractivity contribution < 1.29 is 4.79 Å². The monoisotopic (exact) mass is 303 g/mol. The Morgan fingerprint density at radius 2 is 2.09 bits per heavy atom. The first-order valence-electron chi connectivity index (χ1n) is 7.80. The number of carbonyl (C=O) groups excluding carboxylic acids is 1. The first-order valence-corrected chi connectivity index (χ1v) is 7.80. The van der Waals surface area contributed by atoms with Gasteiger partial charge in [0.25, 0.3) is 5.91 Å². The molecule has 6 nitrogen and oxygen atoms in total. The molecule has 0 aliphatic heterocycles. The molecule has 0 aromatic carbocycles. The van der Waals surface area contributed by atoms with Crippen molar-refractivity contribution in [2.45, 2.75) is 46.7 Å². The highest BCUT2D eigenvalue weighted by Gasteiger charge is 2.15. The van der Waals surface area contributed by atoms with Gasteiger partial charge in [-0.05, 0) is 40.3 Å². The lowest BCUT2D eigenvalue weighted by Gasteiger charge is -2.14. The Hall–Kier alpha value is -1.95. The van der Waals surface area contributed by atoms with Gasteiger partial charge < -0.3 is 10.6 Å². The molecule has 0 bridgehead atoms. The zero-order valence-corrected chi connectivity index (χ0v) is 14.0. The highest BCUT2D eigenvalue weighted by atomic mass is 16.1. The van der Waals surface area contributed by atoms with Crippen LogP contribution in [0.2, 0.25) is 0 Å². The molecule has 22 heavy (non-hydrogen) atoms. The maximum atomic E-state index is 12.4. The van der Waals surface area contributed by atoms with Crippen molar-refractivity contribution in [3.8, 4) is 0 Å². The summed E-state index contributed by atoms with van der Waals surface area (Å²) in [6.45, 7) is 11.6. The molecule has 0 saturated carbocycles. The highest BCUT2D eigenvalue weighted by Crippen LogP contribution is 2.19. The number of rotatable bonds is 6. The van der Waals surface area contributed by atoms with Gasteiger partial charge in [0.2, 0.25) is 0 Å². The predicted molar refractivity (Wildman–Crippen MR) is 88.1 cm³/mol. The van der Waals surface area contributed by atoms with Gasteiger partial charge >= 0.3 is 0 Å². The number of likely N-dealkylation sites (N-methyl/N-ethyl adjacent to an activating group) is 1. The molecule has 0 spiro atoms. The average molecular weight is 303 g/mol. The van der Waals surface area contributed by atoms with Crippen molar-refractivity contribution in [1.29, 1.82) is 0 Å². The number of carbonyl (C=O) groups is 1. The molecule has 1 amide bonds. The number of nitrogens with zero attached hydrogens (tertiary/aromatic N) is 3. The van der Waals surface area contributed by atoms with Gasteiger partial charge in [0.05, 0.1) is 17.5 Å². The molecule has 0 aliphatic carbocycles. The third-order valence-electron chi connectivity index (χ3n) is 3.61. The molecule has 6 heteroatoms. The number of aromatic nitrogens is 3. The van der Waals surface area contributed by atoms with Gasteiger partial charge in [-0.2, -0.15) is 5.10 Å². The Labute approximate surface area is 131 Å². The molecule has 2 aromatic heterocycles. The molecule has 0 aliphatic rings. The molecule has 1 atom stereocenters. The van der Waals surface area contributed by atoms with Crippen LogP contribution in [0.3, 0.4) is 0 Å². The minimum Gasteiger partial charge on any atom is -0.350 e. The Morgan fingerprint density at radius 1 is 1.36 bits per heavy atom. The summed E-state index contributed by atoms with van der Waals surface area (Å²) >= 11 is 0. The van der Waals surface area contributed by atoms with Gasteiger partial charge in [-0.3, -0.25) is 4.79 Å². The fourth-order valence-electron chi connectivity index (χ4n) is 2.44. The second-order valence-electron chi connectivity index (χ2n) is 5.89. The molecule has 0 radical (unpaired) electrons. The van der Waals surface area contributed by atoms with Crippen LogP contribution in [0.1, 0.15) is 49.8 Å². The normalized spacial score (nSPS) is 12.8. The third-order valence-corrected chi connectivity index (χ3v) is 3.61. The summed E-state index contributed by atoms with van der Waals surface area (Å²) in [6, 6.07) is 2.36. The zero-order chi connectivity index (χ0) is 16.3. The van der Waals surface area contributed by atoms with E-state index >= 15 is 0 Å². The summed E-state index contributed by atoms with van der Waals surface area (Å²) in [4.78, 5) is 16.9. The van der Waals surface area contributed by atoms with Gasteiger partial charge in [-0.15, -0.1) is 0 Å². The van der Waals surface area contributed by atoms with E-state index in [4.69, 9.17) is 0 Å². The third kappa shape index (κ3) is 3.44. The topological polar surface area (TPSA) is 71.8 Å². The predicted octanol–water partition coefficient (Wildman–Crippen LogP) is 2.05. The van der Waals surface area contributed by atoms with Crippen LogP contribution in [0.5, 0.6) is 0 Å². The summed E-state index contributed by atoms with van der Waals surface area (Å²) in [5, 5.41) is 11.5. The molecule has 0 saturated heterocycles. The SMILES string of the molecule is CCN[C@H](C)CNC(=O)c1cc2cnn(C(C)C)c2nc1C. The van der Waals surface area contributed by atoms with Crippen LogP contribution >= 0.6 is 0 Å². The summed E-state index contributed by atoms with van der Waals surface area (Å²) in [6.07, 6.45) is 1.76. The maximum Gasteiger partial charge on any atom is 0.253 e. The van der Waals surface area contributed by atoms with Crippen LogP contribution in [-0.4, -0.2) is 39.8 Å². The van der Waals surface area contributed by atoms with Crippen molar-refractivity contribution >= 4 is 16.9 Å². The van der Waals surface area contributed by atoms with Gasteiger partial charge in [-0.25, -0.2) is 9.67 Å². The van der Waals surface area contributed by atoms with Crippen LogP contribution in [0.4, 0.5) is 0 Å². The molecular weight excluding hydrogens is 278 g/mol. The van der Waals surface area contributed by atoms with Crippen LogP contribution in [0, 0.1) is 6.92 Å². The van der Waals surface area contributed by atoms with Crippen molar-refractivity contribution in [3.63, 3.8) is 0 Å². The lowest BCUT2D eigenvalue weighted by Crippen LogP contribution is -2.39. The lowest BCUT2D eigenvalue weighted by atomic mass is 10.1. The molecule has 2 heterocycles. The van der Waals surface area contributed by atoms with E-state index in [1.165, 1.54) is 0 Å². The van der Waals surface area contributed by atoms with Gasteiger partial charge in [0.1, 0.15) is 0 Å². The fraction of sp³-hybridized carbons (Fsp3) is 0.562. The Kier molecular flexibility index (Phi) is 5.13. The number of amides is 1. The number of hydrogen-bond acceptors (Lipinski definition) is 4. The second-order valence-corrected chi connectivity index (χ2v) is 5.89. The van der Waals surface area contributed by atoms with Crippen molar-refractivity contribution in [2.75, 3.05) is 13.1 Å². The standard InChI is InChI=1S/C16H25N5O/c1-6-17-11(4)8-18-16(22)14-7-13-9-19-21(10(2)3)15(13)20-12(14)5/h7,9-11,17H,6,8H2,1-5H3,(H,18,22)/t11-/m1/s1. The van der Waals surface area contributed by atoms with E-state index in [1.807, 2.05) is 31.5 Å². The van der Waals surface area contributed by atoms with Gasteiger partial charge in [0.15, 0.2) is 5.65 Å². The minimum absolute atomic E-state index is 0.0889. The van der Waals surface area contributed by atoms with Crippen LogP contribution in [0.25, 0.3) is 11.0 Å². The summed E-state index contributed by atoms with van der Waals surface area (Å²) < 4.78 is 1.87. The number of nitrogens with one attached hydrogen (secondary N) is 2. The van der Waals surface area contributed by atoms with Crippen LogP contribution in [0.15, 0.2) is 12.3 Å². The highest BCUT2D eigenvalue weighted by molar-refractivity contribution is 5.98. The zero-order valence-electron chi connectivity index (χ0n) is 14.0. The molecular formula is C16H25N5O. The largest absolute Gasteiger partial charge is 0.350 e. The van der Waals surface area contributed by atoms with E-state index in [-0.39, 0.29) is 18.0 Å². The van der Waals surface area contributed by atoms with Crippen LogP contribution < -0.4 is 10.6 Å². The van der Waals surface area contributed by atoms with E-state index in [2.05, 4.69) is 34.6 Å². The maximum absolute atomic E-state index is 12.4. The second kappa shape index (κ2) is 6.87. The Balaban J connectivity index is 2.21. The number of fused-ring (bicyclic) bond motifs is 1. The molecule has 2 rings (SSSR count). The quantitative estimate of drug-likeness (QED) is 0.856. The summed E-state index contributed by atoms with van der Waals surface area (Å²) in [5.41, 5.74) is 2.16. The number of pyridine rings is 1. The van der Waals surface area contributed by atoms with E-state index in [0.29, 0.717) is 12.1 Å². The molecule has 2 N–H and O–H groups in total. The smallest absolute Gasteiger partial charge is 0.253 e. The molecule has 0 fully saturated rings. The van der Waals surface area contributed by atoms with Gasteiger partial charge in [-0.1, -0.05) is 6.92 Å². The first-order chi connectivity index (χ1) is 10.4. The van der Waals surface area contributed by atoms with E-state index < -0.39 is 0 Å². The molecule has 120 valence electrons. The lowest BCUT2D eigenvalue weighted by molar-refractivity contribution is 0.0949. The summed E-state index contributed by atoms with van der Waals surface area (Å²) in [5.74, 6) is -0.0889. The minimum atomic E-state index is -0.0889. The van der Waals surface area contributed by atoms with Crippen LogP contribution in [-0.2, 0) is 0 Å². The first kappa shape index (κ1) is 16.4.